The summed E-state index contributed by atoms with van der Waals surface area (Å²) in [4.78, 5) is 0. The molecule has 0 heterocycles. The molecule has 1 N–H and O–H groups in total. The van der Waals surface area contributed by atoms with E-state index in [9.17, 15) is 4.39 Å². The third-order valence-corrected chi connectivity index (χ3v) is 3.97. The third-order valence-electron chi connectivity index (χ3n) is 3.23. The van der Waals surface area contributed by atoms with Crippen molar-refractivity contribution in [3.05, 3.63) is 68.9 Å². The van der Waals surface area contributed by atoms with Gasteiger partial charge in [0.05, 0.1) is 0 Å². The Labute approximate surface area is 132 Å². The van der Waals surface area contributed by atoms with Gasteiger partial charge in [0.15, 0.2) is 0 Å². The SMILES string of the molecule is CCC(NCc1cc(Br)ccc1F)c1ccc(Cl)cc1. The minimum atomic E-state index is -0.188. The summed E-state index contributed by atoms with van der Waals surface area (Å²) in [7, 11) is 0. The Hall–Kier alpha value is -0.900. The van der Waals surface area contributed by atoms with E-state index < -0.39 is 0 Å². The fourth-order valence-corrected chi connectivity index (χ4v) is 2.64. The Kier molecular flexibility index (Phi) is 5.58. The Balaban J connectivity index is 2.07. The number of rotatable bonds is 5. The van der Waals surface area contributed by atoms with Crippen LogP contribution in [0.3, 0.4) is 0 Å². The highest BCUT2D eigenvalue weighted by Gasteiger charge is 2.10. The van der Waals surface area contributed by atoms with Crippen molar-refractivity contribution in [2.24, 2.45) is 0 Å². The molecule has 2 rings (SSSR count). The van der Waals surface area contributed by atoms with Crippen molar-refractivity contribution >= 4 is 27.5 Å². The minimum absolute atomic E-state index is 0.186. The summed E-state index contributed by atoms with van der Waals surface area (Å²) in [6, 6.07) is 12.9. The molecule has 0 bridgehead atoms. The van der Waals surface area contributed by atoms with Gasteiger partial charge in [-0.3, -0.25) is 0 Å². The van der Waals surface area contributed by atoms with Crippen molar-refractivity contribution < 1.29 is 4.39 Å². The Bertz CT molecular complexity index is 571. The molecule has 20 heavy (non-hydrogen) atoms. The van der Waals surface area contributed by atoms with Crippen molar-refractivity contribution in [3.8, 4) is 0 Å². The van der Waals surface area contributed by atoms with Gasteiger partial charge in [0, 0.05) is 27.6 Å². The minimum Gasteiger partial charge on any atom is -0.306 e. The number of halogens is 3. The Morgan fingerprint density at radius 1 is 1.20 bits per heavy atom. The van der Waals surface area contributed by atoms with Gasteiger partial charge in [-0.25, -0.2) is 4.39 Å². The summed E-state index contributed by atoms with van der Waals surface area (Å²) >= 11 is 9.26. The van der Waals surface area contributed by atoms with Crippen LogP contribution in [0.25, 0.3) is 0 Å². The van der Waals surface area contributed by atoms with Crippen LogP contribution < -0.4 is 5.32 Å². The fourth-order valence-electron chi connectivity index (χ4n) is 2.10. The summed E-state index contributed by atoms with van der Waals surface area (Å²) < 4.78 is 14.6. The monoisotopic (exact) mass is 355 g/mol. The lowest BCUT2D eigenvalue weighted by Crippen LogP contribution is -2.20. The van der Waals surface area contributed by atoms with Gasteiger partial charge >= 0.3 is 0 Å². The van der Waals surface area contributed by atoms with Crippen LogP contribution in [0, 0.1) is 5.82 Å². The summed E-state index contributed by atoms with van der Waals surface area (Å²) in [6.45, 7) is 2.59. The van der Waals surface area contributed by atoms with Crippen LogP contribution in [0.5, 0.6) is 0 Å². The fraction of sp³-hybridized carbons (Fsp3) is 0.250. The van der Waals surface area contributed by atoms with Crippen molar-refractivity contribution in [1.29, 1.82) is 0 Å². The molecule has 0 saturated heterocycles. The van der Waals surface area contributed by atoms with Gasteiger partial charge in [0.2, 0.25) is 0 Å². The van der Waals surface area contributed by atoms with Gasteiger partial charge in [-0.2, -0.15) is 0 Å². The molecule has 0 aromatic heterocycles. The van der Waals surface area contributed by atoms with Crippen LogP contribution in [0.4, 0.5) is 4.39 Å². The molecule has 4 heteroatoms. The highest BCUT2D eigenvalue weighted by molar-refractivity contribution is 9.10. The van der Waals surface area contributed by atoms with Gasteiger partial charge < -0.3 is 5.32 Å². The van der Waals surface area contributed by atoms with Gasteiger partial charge in [0.25, 0.3) is 0 Å². The average molecular weight is 357 g/mol. The molecule has 0 amide bonds. The Morgan fingerprint density at radius 2 is 1.90 bits per heavy atom. The van der Waals surface area contributed by atoms with E-state index in [1.807, 2.05) is 24.3 Å². The molecular weight excluding hydrogens is 341 g/mol. The first-order valence-corrected chi connectivity index (χ1v) is 7.70. The second-order valence-corrected chi connectivity index (χ2v) is 5.98. The number of nitrogens with one attached hydrogen (secondary N) is 1. The van der Waals surface area contributed by atoms with Crippen molar-refractivity contribution in [3.63, 3.8) is 0 Å². The molecule has 0 aliphatic rings. The molecule has 1 atom stereocenters. The van der Waals surface area contributed by atoms with E-state index >= 15 is 0 Å². The Morgan fingerprint density at radius 3 is 2.55 bits per heavy atom. The first-order valence-electron chi connectivity index (χ1n) is 6.53. The highest BCUT2D eigenvalue weighted by Crippen LogP contribution is 2.21. The predicted octanol–water partition coefficient (Wildman–Crippen LogP) is 5.48. The standard InChI is InChI=1S/C16H16BrClFN/c1-2-16(11-3-6-14(18)7-4-11)20-10-12-9-13(17)5-8-15(12)19/h3-9,16,20H,2,10H2,1H3. The maximum Gasteiger partial charge on any atom is 0.127 e. The van der Waals surface area contributed by atoms with Gasteiger partial charge in [-0.15, -0.1) is 0 Å². The van der Waals surface area contributed by atoms with E-state index in [-0.39, 0.29) is 11.9 Å². The molecular formula is C16H16BrClFN. The van der Waals surface area contributed by atoms with Crippen molar-refractivity contribution in [2.45, 2.75) is 25.9 Å². The van der Waals surface area contributed by atoms with Crippen molar-refractivity contribution in [2.75, 3.05) is 0 Å². The molecule has 0 fully saturated rings. The third kappa shape index (κ3) is 4.05. The predicted molar refractivity (Wildman–Crippen MR) is 85.4 cm³/mol. The second-order valence-electron chi connectivity index (χ2n) is 4.63. The summed E-state index contributed by atoms with van der Waals surface area (Å²) in [5.41, 5.74) is 1.82. The molecule has 0 spiro atoms. The number of hydrogen-bond acceptors (Lipinski definition) is 1. The molecule has 1 nitrogen and oxygen atoms in total. The second kappa shape index (κ2) is 7.21. The van der Waals surface area contributed by atoms with Crippen LogP contribution in [-0.2, 0) is 6.54 Å². The molecule has 0 radical (unpaired) electrons. The quantitative estimate of drug-likeness (QED) is 0.747. The maximum absolute atomic E-state index is 13.7. The average Bonchev–Trinajstić information content (AvgIpc) is 2.45. The zero-order valence-corrected chi connectivity index (χ0v) is 13.5. The molecule has 106 valence electrons. The molecule has 2 aromatic rings. The lowest BCUT2D eigenvalue weighted by atomic mass is 10.0. The summed E-state index contributed by atoms with van der Waals surface area (Å²) in [5.74, 6) is -0.188. The molecule has 2 aromatic carbocycles. The maximum atomic E-state index is 13.7. The lowest BCUT2D eigenvalue weighted by molar-refractivity contribution is 0.504. The van der Waals surface area contributed by atoms with E-state index in [1.165, 1.54) is 6.07 Å². The van der Waals surface area contributed by atoms with Crippen LogP contribution in [0.1, 0.15) is 30.5 Å². The van der Waals surface area contributed by atoms with E-state index in [0.717, 1.165) is 21.5 Å². The number of benzene rings is 2. The number of hydrogen-bond donors (Lipinski definition) is 1. The van der Waals surface area contributed by atoms with Crippen LogP contribution in [0.15, 0.2) is 46.9 Å². The van der Waals surface area contributed by atoms with E-state index in [4.69, 9.17) is 11.6 Å². The van der Waals surface area contributed by atoms with E-state index in [2.05, 4.69) is 28.2 Å². The zero-order valence-electron chi connectivity index (χ0n) is 11.2. The molecule has 0 aliphatic carbocycles. The molecule has 0 aliphatic heterocycles. The lowest BCUT2D eigenvalue weighted by Gasteiger charge is -2.18. The van der Waals surface area contributed by atoms with Crippen molar-refractivity contribution in [1.82, 2.24) is 5.32 Å². The molecule has 0 saturated carbocycles. The van der Waals surface area contributed by atoms with Gasteiger partial charge in [-0.05, 0) is 42.3 Å². The zero-order chi connectivity index (χ0) is 14.5. The smallest absolute Gasteiger partial charge is 0.127 e. The molecule has 1 unspecified atom stereocenters. The summed E-state index contributed by atoms with van der Waals surface area (Å²) in [5, 5.41) is 4.11. The first-order chi connectivity index (χ1) is 9.60. The highest BCUT2D eigenvalue weighted by atomic mass is 79.9. The van der Waals surface area contributed by atoms with Crippen LogP contribution in [0.2, 0.25) is 5.02 Å². The largest absolute Gasteiger partial charge is 0.306 e. The van der Waals surface area contributed by atoms with Crippen LogP contribution >= 0.6 is 27.5 Å². The topological polar surface area (TPSA) is 12.0 Å². The van der Waals surface area contributed by atoms with Crippen LogP contribution in [-0.4, -0.2) is 0 Å². The van der Waals surface area contributed by atoms with E-state index in [1.54, 1.807) is 12.1 Å². The van der Waals surface area contributed by atoms with E-state index in [0.29, 0.717) is 12.1 Å². The summed E-state index contributed by atoms with van der Waals surface area (Å²) in [6.07, 6.45) is 0.928. The first kappa shape index (κ1) is 15.5. The van der Waals surface area contributed by atoms with Gasteiger partial charge in [0.1, 0.15) is 5.82 Å². The normalized spacial score (nSPS) is 12.4. The van der Waals surface area contributed by atoms with Gasteiger partial charge in [-0.1, -0.05) is 46.6 Å².